The fourth-order valence-electron chi connectivity index (χ4n) is 0. The first-order valence-corrected chi connectivity index (χ1v) is 1.30. The maximum atomic E-state index is 8.56. The molecule has 8 heteroatoms. The molecule has 0 aliphatic heterocycles. The van der Waals surface area contributed by atoms with Crippen molar-refractivity contribution in [3.05, 3.63) is 0 Å². The van der Waals surface area contributed by atoms with E-state index in [1.807, 2.05) is 0 Å². The van der Waals surface area contributed by atoms with Gasteiger partial charge in [0.15, 0.2) is 0 Å². The third kappa shape index (κ3) is 22300. The van der Waals surface area contributed by atoms with E-state index in [-0.39, 0.29) is 56.9 Å². The van der Waals surface area contributed by atoms with Gasteiger partial charge in [-0.25, -0.2) is 9.59 Å². The molecule has 0 aromatic rings. The average Bonchev–Trinajstić information content (AvgIpc) is 1.25. The van der Waals surface area contributed by atoms with Gasteiger partial charge in [0.05, 0.1) is 0 Å². The molecule has 58 valence electrons. The summed E-state index contributed by atoms with van der Waals surface area (Å²) in [7, 11) is 0. The molecular weight excluding hydrogens is 175 g/mol. The first-order valence-electron chi connectivity index (χ1n) is 1.30. The molecule has 7 nitrogen and oxygen atoms in total. The maximum absolute atomic E-state index is 8.56. The van der Waals surface area contributed by atoms with Crippen LogP contribution in [0.1, 0.15) is 0 Å². The van der Waals surface area contributed by atoms with Crippen LogP contribution < -0.4 is 0 Å². The molecule has 0 radical (unpaired) electrons. The van der Waals surface area contributed by atoms with Gasteiger partial charge in [-0.2, -0.15) is 0 Å². The molecule has 0 unspecified atom stereocenters. The zero-order valence-electron chi connectivity index (χ0n) is 4.11. The van der Waals surface area contributed by atoms with Crippen LogP contribution in [0.3, 0.4) is 0 Å². The topological polar surface area (TPSA) is 147 Å². The normalized spacial score (nSPS) is 4.80. The van der Waals surface area contributed by atoms with Gasteiger partial charge in [0.1, 0.15) is 0 Å². The molecule has 0 aromatic heterocycles. The molecule has 0 saturated heterocycles. The molecule has 0 bridgehead atoms. The van der Waals surface area contributed by atoms with Crippen molar-refractivity contribution in [2.75, 3.05) is 0 Å². The van der Waals surface area contributed by atoms with Crippen molar-refractivity contribution in [3.63, 3.8) is 0 Å². The van der Waals surface area contributed by atoms with Crippen molar-refractivity contribution < 1.29 is 35.5 Å². The molecule has 6 N–H and O–H groups in total. The van der Waals surface area contributed by atoms with Crippen LogP contribution in [0.5, 0.6) is 0 Å². The predicted molar refractivity (Wildman–Crippen MR) is 32.1 cm³/mol. The Labute approximate surface area is 98.0 Å². The van der Waals surface area contributed by atoms with Crippen molar-refractivity contribution in [2.24, 2.45) is 0 Å². The Morgan fingerprint density at radius 1 is 0.800 bits per heavy atom. The van der Waals surface area contributed by atoms with E-state index in [2.05, 4.69) is 0 Å². The number of hydrogen-bond acceptors (Lipinski definition) is 2. The number of carbonyl (C=O) groups is 2. The molecule has 0 rings (SSSR count). The second kappa shape index (κ2) is 16.1. The van der Waals surface area contributed by atoms with Gasteiger partial charge < -0.3 is 25.9 Å². The van der Waals surface area contributed by atoms with Gasteiger partial charge in [-0.15, -0.1) is 0 Å². The number of carboxylic acid groups (broad SMARTS) is 4. The third-order valence-corrected chi connectivity index (χ3v) is 0. The van der Waals surface area contributed by atoms with Crippen LogP contribution in [0.15, 0.2) is 0 Å². The van der Waals surface area contributed by atoms with E-state index >= 15 is 0 Å². The Morgan fingerprint density at radius 2 is 0.800 bits per heavy atom. The quantitative estimate of drug-likeness (QED) is 0.352. The van der Waals surface area contributed by atoms with Crippen LogP contribution >= 0.6 is 0 Å². The third-order valence-electron chi connectivity index (χ3n) is 0. The summed E-state index contributed by atoms with van der Waals surface area (Å²) in [6.45, 7) is 0. The molecule has 0 atom stereocenters. The van der Waals surface area contributed by atoms with Gasteiger partial charge in [0.2, 0.25) is 0 Å². The van der Waals surface area contributed by atoms with E-state index in [4.69, 9.17) is 30.0 Å². The second-order valence-electron chi connectivity index (χ2n) is 0.565. The number of hydrogen-bond donors (Lipinski definition) is 4. The van der Waals surface area contributed by atoms with E-state index in [9.17, 15) is 0 Å². The van der Waals surface area contributed by atoms with E-state index in [1.165, 1.54) is 0 Å². The van der Waals surface area contributed by atoms with Crippen LogP contribution in [0.2, 0.25) is 0 Å². The van der Waals surface area contributed by atoms with Crippen molar-refractivity contribution in [2.45, 2.75) is 0 Å². The Hall–Kier alpha value is 0.136. The summed E-state index contributed by atoms with van der Waals surface area (Å²) in [5, 5.41) is 27.9. The molecule has 0 amide bonds. The molecule has 0 aliphatic rings. The van der Waals surface area contributed by atoms with E-state index in [0.717, 1.165) is 0 Å². The monoisotopic (exact) mass is 182 g/mol. The van der Waals surface area contributed by atoms with Gasteiger partial charge in [-0.3, -0.25) is 0 Å². The SMILES string of the molecule is O.O=C(O)O.O=C(O)O.[KH]. The van der Waals surface area contributed by atoms with Crippen LogP contribution in [0.25, 0.3) is 0 Å². The second-order valence-corrected chi connectivity index (χ2v) is 0.565. The molecule has 0 aromatic carbocycles. The van der Waals surface area contributed by atoms with Gasteiger partial charge in [-0.05, 0) is 0 Å². The van der Waals surface area contributed by atoms with Crippen LogP contribution in [-0.2, 0) is 0 Å². The van der Waals surface area contributed by atoms with Gasteiger partial charge in [-0.1, -0.05) is 0 Å². The summed E-state index contributed by atoms with van der Waals surface area (Å²) in [5.74, 6) is 0. The molecular formula is C2H7KO7. The Kier molecular flexibility index (Phi) is 36.1. The molecule has 0 aliphatic carbocycles. The van der Waals surface area contributed by atoms with Crippen molar-refractivity contribution >= 4 is 63.7 Å². The van der Waals surface area contributed by atoms with Crippen molar-refractivity contribution in [1.29, 1.82) is 0 Å². The van der Waals surface area contributed by atoms with Crippen LogP contribution in [0, 0.1) is 0 Å². The Balaban J connectivity index is -0.0000000300. The zero-order valence-corrected chi connectivity index (χ0v) is 4.11. The van der Waals surface area contributed by atoms with Crippen LogP contribution in [-0.4, -0.2) is 89.6 Å². The summed E-state index contributed by atoms with van der Waals surface area (Å²) in [4.78, 5) is 17.1. The molecule has 0 saturated carbocycles. The Morgan fingerprint density at radius 3 is 0.800 bits per heavy atom. The summed E-state index contributed by atoms with van der Waals surface area (Å²) >= 11 is 0. The molecule has 10 heavy (non-hydrogen) atoms. The number of rotatable bonds is 0. The van der Waals surface area contributed by atoms with E-state index in [1.54, 1.807) is 0 Å². The fraction of sp³-hybridized carbons (Fsp3) is 0. The summed E-state index contributed by atoms with van der Waals surface area (Å²) in [5.41, 5.74) is 0. The standard InChI is InChI=1S/2CH2O3.K.H2O.H/c2*2-1(3)4;;;/h2*(H2,2,3,4);;1H2;. The molecule has 0 fully saturated rings. The van der Waals surface area contributed by atoms with E-state index < -0.39 is 12.3 Å². The summed E-state index contributed by atoms with van der Waals surface area (Å²) in [6.07, 6.45) is -3.67. The molecule has 0 spiro atoms. The van der Waals surface area contributed by atoms with Gasteiger partial charge >= 0.3 is 63.7 Å². The van der Waals surface area contributed by atoms with E-state index in [0.29, 0.717) is 0 Å². The summed E-state index contributed by atoms with van der Waals surface area (Å²) in [6, 6.07) is 0. The van der Waals surface area contributed by atoms with Crippen molar-refractivity contribution in [1.82, 2.24) is 0 Å². The Bertz CT molecular complexity index is 69.6. The van der Waals surface area contributed by atoms with Crippen LogP contribution in [0.4, 0.5) is 9.59 Å². The first kappa shape index (κ1) is 22.5. The zero-order chi connectivity index (χ0) is 7.15. The fourth-order valence-corrected chi connectivity index (χ4v) is 0. The van der Waals surface area contributed by atoms with Gasteiger partial charge in [0.25, 0.3) is 0 Å². The summed E-state index contributed by atoms with van der Waals surface area (Å²) < 4.78 is 0. The predicted octanol–water partition coefficient (Wildman–Crippen LogP) is -1.03. The van der Waals surface area contributed by atoms with Gasteiger partial charge in [0, 0.05) is 0 Å². The van der Waals surface area contributed by atoms with Crippen molar-refractivity contribution in [3.8, 4) is 0 Å². The average molecular weight is 182 g/mol. The minimum absolute atomic E-state index is 0. The minimum atomic E-state index is -1.83. The molecule has 0 heterocycles. The first-order chi connectivity index (χ1) is 3.46.